The fourth-order valence-electron chi connectivity index (χ4n) is 4.03. The Morgan fingerprint density at radius 2 is 1.73 bits per heavy atom. The second kappa shape index (κ2) is 9.19. The highest BCUT2D eigenvalue weighted by molar-refractivity contribution is 5.90. The molecule has 162 valence electrons. The molecule has 1 fully saturated rings. The average Bonchev–Trinajstić information content (AvgIpc) is 2.71. The lowest BCUT2D eigenvalue weighted by molar-refractivity contribution is -0.0976. The summed E-state index contributed by atoms with van der Waals surface area (Å²) in [4.78, 5) is 12.3. The van der Waals surface area contributed by atoms with E-state index in [-0.39, 0.29) is 18.4 Å². The molecule has 2 aromatic rings. The van der Waals surface area contributed by atoms with Gasteiger partial charge in [-0.05, 0) is 48.4 Å². The molecule has 0 aliphatic heterocycles. The van der Waals surface area contributed by atoms with Gasteiger partial charge in [0.05, 0.1) is 5.56 Å². The number of halogens is 4. The number of hydrogen-bond acceptors (Lipinski definition) is 2. The van der Waals surface area contributed by atoms with E-state index < -0.39 is 47.5 Å². The molecule has 0 amide bonds. The third-order valence-electron chi connectivity index (χ3n) is 5.75. The maximum Gasteiger partial charge on any atom is 0.341 e. The predicted octanol–water partition coefficient (Wildman–Crippen LogP) is 6.61. The molecule has 0 spiro atoms. The molecular formula is C24H26F4O2. The Kier molecular flexibility index (Phi) is 6.84. The van der Waals surface area contributed by atoms with E-state index in [1.807, 2.05) is 26.0 Å². The van der Waals surface area contributed by atoms with E-state index in [1.54, 1.807) is 12.1 Å². The van der Waals surface area contributed by atoms with E-state index in [0.717, 1.165) is 18.1 Å². The molecule has 0 N–H and O–H groups in total. The minimum Gasteiger partial charge on any atom is -0.458 e. The number of esters is 1. The van der Waals surface area contributed by atoms with Gasteiger partial charge in [0.15, 0.2) is 11.6 Å². The van der Waals surface area contributed by atoms with Crippen molar-refractivity contribution < 1.29 is 27.1 Å². The standard InChI is InChI=1S/C24H26F4O2/c1-3-5-17-10-12-19(22(26)21(17)25)23(29)30-18-11-13-20(24(27,28)14-18)16-8-6-15(4-2)7-9-16/h6-10,12,18,20H,3-5,11,13-14H2,1-2H3. The van der Waals surface area contributed by atoms with Crippen LogP contribution >= 0.6 is 0 Å². The molecule has 0 aromatic heterocycles. The van der Waals surface area contributed by atoms with E-state index in [2.05, 4.69) is 0 Å². The van der Waals surface area contributed by atoms with Crippen molar-refractivity contribution in [3.63, 3.8) is 0 Å². The van der Waals surface area contributed by atoms with Gasteiger partial charge < -0.3 is 4.74 Å². The van der Waals surface area contributed by atoms with E-state index in [9.17, 15) is 22.4 Å². The third-order valence-corrected chi connectivity index (χ3v) is 5.75. The van der Waals surface area contributed by atoms with Gasteiger partial charge in [0.1, 0.15) is 6.10 Å². The van der Waals surface area contributed by atoms with Crippen molar-refractivity contribution in [2.24, 2.45) is 0 Å². The maximum absolute atomic E-state index is 14.8. The number of benzene rings is 2. The zero-order chi connectivity index (χ0) is 21.9. The van der Waals surface area contributed by atoms with Crippen LogP contribution in [0.15, 0.2) is 36.4 Å². The van der Waals surface area contributed by atoms with Crippen LogP contribution in [-0.4, -0.2) is 18.0 Å². The Labute approximate surface area is 174 Å². The van der Waals surface area contributed by atoms with Gasteiger partial charge in [-0.3, -0.25) is 0 Å². The summed E-state index contributed by atoms with van der Waals surface area (Å²) in [7, 11) is 0. The molecule has 6 heteroatoms. The van der Waals surface area contributed by atoms with Crippen LogP contribution < -0.4 is 0 Å². The number of carbonyl (C=O) groups excluding carboxylic acids is 1. The summed E-state index contributed by atoms with van der Waals surface area (Å²) in [5.74, 6) is -7.51. The molecule has 2 nitrogen and oxygen atoms in total. The number of alkyl halides is 2. The number of ether oxygens (including phenoxy) is 1. The van der Waals surface area contributed by atoms with Gasteiger partial charge >= 0.3 is 5.97 Å². The number of hydrogen-bond donors (Lipinski definition) is 0. The first-order valence-electron chi connectivity index (χ1n) is 10.4. The number of rotatable bonds is 6. The Bertz CT molecular complexity index is 893. The molecule has 2 atom stereocenters. The van der Waals surface area contributed by atoms with Crippen LogP contribution in [0.2, 0.25) is 0 Å². The zero-order valence-electron chi connectivity index (χ0n) is 17.2. The fourth-order valence-corrected chi connectivity index (χ4v) is 4.03. The van der Waals surface area contributed by atoms with Crippen molar-refractivity contribution in [3.05, 3.63) is 70.3 Å². The molecule has 2 unspecified atom stereocenters. The molecule has 1 saturated carbocycles. The molecule has 0 bridgehead atoms. The molecule has 0 saturated heterocycles. The second-order valence-corrected chi connectivity index (χ2v) is 7.87. The predicted molar refractivity (Wildman–Crippen MR) is 107 cm³/mol. The van der Waals surface area contributed by atoms with Crippen molar-refractivity contribution in [3.8, 4) is 0 Å². The van der Waals surface area contributed by atoms with E-state index in [4.69, 9.17) is 4.74 Å². The second-order valence-electron chi connectivity index (χ2n) is 7.87. The molecule has 30 heavy (non-hydrogen) atoms. The zero-order valence-corrected chi connectivity index (χ0v) is 17.2. The summed E-state index contributed by atoms with van der Waals surface area (Å²) in [5.41, 5.74) is 1.24. The molecule has 1 aliphatic carbocycles. The lowest BCUT2D eigenvalue weighted by Crippen LogP contribution is -2.38. The number of carbonyl (C=O) groups is 1. The van der Waals surface area contributed by atoms with Crippen LogP contribution in [-0.2, 0) is 17.6 Å². The summed E-state index contributed by atoms with van der Waals surface area (Å²) in [5, 5.41) is 0. The Morgan fingerprint density at radius 3 is 2.33 bits per heavy atom. The molecule has 3 rings (SSSR count). The van der Waals surface area contributed by atoms with Crippen molar-refractivity contribution in [2.75, 3.05) is 0 Å². The van der Waals surface area contributed by atoms with Gasteiger partial charge in [-0.15, -0.1) is 0 Å². The van der Waals surface area contributed by atoms with Crippen LogP contribution in [0.3, 0.4) is 0 Å². The first-order chi connectivity index (χ1) is 14.3. The van der Waals surface area contributed by atoms with Crippen molar-refractivity contribution >= 4 is 5.97 Å². The van der Waals surface area contributed by atoms with Crippen molar-refractivity contribution in [1.29, 1.82) is 0 Å². The Morgan fingerprint density at radius 1 is 1.03 bits per heavy atom. The molecule has 1 aliphatic rings. The number of aryl methyl sites for hydroxylation is 2. The highest BCUT2D eigenvalue weighted by Crippen LogP contribution is 2.45. The van der Waals surface area contributed by atoms with Gasteiger partial charge in [-0.2, -0.15) is 0 Å². The smallest absolute Gasteiger partial charge is 0.341 e. The highest BCUT2D eigenvalue weighted by atomic mass is 19.3. The quantitative estimate of drug-likeness (QED) is 0.387. The van der Waals surface area contributed by atoms with Gasteiger partial charge in [0.25, 0.3) is 5.92 Å². The van der Waals surface area contributed by atoms with Crippen LogP contribution in [0.25, 0.3) is 0 Å². The van der Waals surface area contributed by atoms with Gasteiger partial charge in [0.2, 0.25) is 0 Å². The SMILES string of the molecule is CCCc1ccc(C(=O)OC2CCC(c3ccc(CC)cc3)C(F)(F)C2)c(F)c1F. The minimum absolute atomic E-state index is 0.142. The molecule has 0 heterocycles. The Balaban J connectivity index is 1.69. The topological polar surface area (TPSA) is 26.3 Å². The van der Waals surface area contributed by atoms with Crippen LogP contribution in [0.5, 0.6) is 0 Å². The molecular weight excluding hydrogens is 396 g/mol. The van der Waals surface area contributed by atoms with Crippen LogP contribution in [0.4, 0.5) is 17.6 Å². The van der Waals surface area contributed by atoms with Gasteiger partial charge in [-0.25, -0.2) is 22.4 Å². The summed E-state index contributed by atoms with van der Waals surface area (Å²) in [6.45, 7) is 3.82. The normalized spacial score (nSPS) is 20.7. The first kappa shape index (κ1) is 22.3. The van der Waals surface area contributed by atoms with E-state index >= 15 is 0 Å². The molecule has 0 radical (unpaired) electrons. The Hall–Kier alpha value is -2.37. The molecule has 2 aromatic carbocycles. The first-order valence-corrected chi connectivity index (χ1v) is 10.4. The average molecular weight is 422 g/mol. The van der Waals surface area contributed by atoms with Gasteiger partial charge in [0, 0.05) is 12.3 Å². The van der Waals surface area contributed by atoms with Crippen molar-refractivity contribution in [1.82, 2.24) is 0 Å². The summed E-state index contributed by atoms with van der Waals surface area (Å²) < 4.78 is 63.1. The summed E-state index contributed by atoms with van der Waals surface area (Å²) >= 11 is 0. The lowest BCUT2D eigenvalue weighted by Gasteiger charge is -2.36. The van der Waals surface area contributed by atoms with E-state index in [0.29, 0.717) is 18.4 Å². The van der Waals surface area contributed by atoms with Gasteiger partial charge in [-0.1, -0.05) is 50.6 Å². The summed E-state index contributed by atoms with van der Waals surface area (Å²) in [6, 6.07) is 9.63. The highest BCUT2D eigenvalue weighted by Gasteiger charge is 2.47. The van der Waals surface area contributed by atoms with E-state index in [1.165, 1.54) is 6.07 Å². The van der Waals surface area contributed by atoms with Crippen molar-refractivity contribution in [2.45, 2.75) is 70.3 Å². The monoisotopic (exact) mass is 422 g/mol. The largest absolute Gasteiger partial charge is 0.458 e. The third kappa shape index (κ3) is 4.68. The summed E-state index contributed by atoms with van der Waals surface area (Å²) in [6.07, 6.45) is 0.485. The van der Waals surface area contributed by atoms with Crippen LogP contribution in [0.1, 0.15) is 72.5 Å². The fraction of sp³-hybridized carbons (Fsp3) is 0.458. The maximum atomic E-state index is 14.8. The minimum atomic E-state index is -3.06. The van der Waals surface area contributed by atoms with Crippen LogP contribution in [0, 0.1) is 11.6 Å². The lowest BCUT2D eigenvalue weighted by atomic mass is 9.79.